The molecule has 0 unspecified atom stereocenters. The quantitative estimate of drug-likeness (QED) is 0.627. The predicted molar refractivity (Wildman–Crippen MR) is 98.8 cm³/mol. The number of hydrogen-bond acceptors (Lipinski definition) is 3. The lowest BCUT2D eigenvalue weighted by Gasteiger charge is -2.23. The molecule has 0 aliphatic rings. The predicted octanol–water partition coefficient (Wildman–Crippen LogP) is 5.75. The number of nitrogens with zero attached hydrogens (tertiary/aromatic N) is 1. The van der Waals surface area contributed by atoms with Crippen molar-refractivity contribution < 1.29 is 0 Å². The minimum Gasteiger partial charge on any atom is -0.380 e. The molecule has 0 saturated heterocycles. The van der Waals surface area contributed by atoms with Gasteiger partial charge in [-0.1, -0.05) is 24.3 Å². The van der Waals surface area contributed by atoms with Gasteiger partial charge in [0.25, 0.3) is 0 Å². The zero-order chi connectivity index (χ0) is 14.2. The standard InChI is InChI=1S/C17H18N2S.BrH/c1-17(2,3)19-14-11-15(16-9-6-10-20-16)18-13-8-5-4-7-12(13)14;/h4-11H,1-3H3,(H,18,19);1H. The Morgan fingerprint density at radius 3 is 2.48 bits per heavy atom. The van der Waals surface area contributed by atoms with Gasteiger partial charge in [0.1, 0.15) is 0 Å². The molecule has 4 heteroatoms. The van der Waals surface area contributed by atoms with E-state index in [-0.39, 0.29) is 22.5 Å². The zero-order valence-electron chi connectivity index (χ0n) is 12.4. The molecule has 0 amide bonds. The fourth-order valence-corrected chi connectivity index (χ4v) is 2.92. The minimum absolute atomic E-state index is 0. The topological polar surface area (TPSA) is 24.9 Å². The van der Waals surface area contributed by atoms with Gasteiger partial charge in [0, 0.05) is 16.6 Å². The Labute approximate surface area is 140 Å². The van der Waals surface area contributed by atoms with Crippen molar-refractivity contribution in [2.45, 2.75) is 26.3 Å². The summed E-state index contributed by atoms with van der Waals surface area (Å²) in [6.07, 6.45) is 0. The van der Waals surface area contributed by atoms with E-state index in [4.69, 9.17) is 4.98 Å². The van der Waals surface area contributed by atoms with Crippen molar-refractivity contribution in [1.82, 2.24) is 4.98 Å². The Bertz CT molecular complexity index is 730. The van der Waals surface area contributed by atoms with E-state index in [0.29, 0.717) is 0 Å². The minimum atomic E-state index is 0. The third kappa shape index (κ3) is 3.63. The van der Waals surface area contributed by atoms with Gasteiger partial charge in [-0.25, -0.2) is 4.98 Å². The van der Waals surface area contributed by atoms with Crippen LogP contribution in [0.25, 0.3) is 21.5 Å². The number of fused-ring (bicyclic) bond motifs is 1. The van der Waals surface area contributed by atoms with Crippen LogP contribution in [0.1, 0.15) is 20.8 Å². The van der Waals surface area contributed by atoms with Crippen LogP contribution in [0, 0.1) is 0 Å². The molecule has 0 saturated carbocycles. The van der Waals surface area contributed by atoms with E-state index in [1.165, 1.54) is 10.3 Å². The average Bonchev–Trinajstić information content (AvgIpc) is 2.90. The first-order valence-electron chi connectivity index (χ1n) is 6.75. The maximum Gasteiger partial charge on any atom is 0.0829 e. The molecule has 3 rings (SSSR count). The summed E-state index contributed by atoms with van der Waals surface area (Å²) in [6.45, 7) is 6.52. The van der Waals surface area contributed by atoms with E-state index >= 15 is 0 Å². The molecule has 0 spiro atoms. The van der Waals surface area contributed by atoms with E-state index in [9.17, 15) is 0 Å². The van der Waals surface area contributed by atoms with Crippen molar-refractivity contribution >= 4 is 44.9 Å². The van der Waals surface area contributed by atoms with Crippen LogP contribution >= 0.6 is 28.3 Å². The second-order valence-corrected chi connectivity index (χ2v) is 6.87. The molecule has 2 nitrogen and oxygen atoms in total. The maximum absolute atomic E-state index is 4.78. The fraction of sp³-hybridized carbons (Fsp3) is 0.235. The largest absolute Gasteiger partial charge is 0.380 e. The number of pyridine rings is 1. The van der Waals surface area contributed by atoms with E-state index < -0.39 is 0 Å². The summed E-state index contributed by atoms with van der Waals surface area (Å²) < 4.78 is 0. The summed E-state index contributed by atoms with van der Waals surface area (Å²) in [6, 6.07) is 14.6. The van der Waals surface area contributed by atoms with Crippen molar-refractivity contribution in [3.8, 4) is 10.6 Å². The van der Waals surface area contributed by atoms with Crippen molar-refractivity contribution in [3.63, 3.8) is 0 Å². The molecular weight excluding hydrogens is 344 g/mol. The maximum atomic E-state index is 4.78. The van der Waals surface area contributed by atoms with Crippen LogP contribution in [-0.4, -0.2) is 10.5 Å². The molecule has 0 radical (unpaired) electrons. The van der Waals surface area contributed by atoms with Gasteiger partial charge in [-0.05, 0) is 44.4 Å². The highest BCUT2D eigenvalue weighted by Gasteiger charge is 2.14. The number of para-hydroxylation sites is 1. The molecule has 21 heavy (non-hydrogen) atoms. The van der Waals surface area contributed by atoms with E-state index in [1.807, 2.05) is 6.07 Å². The molecule has 1 aromatic carbocycles. The Hall–Kier alpha value is -1.39. The number of halogens is 1. The fourth-order valence-electron chi connectivity index (χ4n) is 2.23. The molecule has 1 N–H and O–H groups in total. The van der Waals surface area contributed by atoms with E-state index in [2.05, 4.69) is 67.9 Å². The first-order chi connectivity index (χ1) is 9.53. The molecule has 0 atom stereocenters. The molecule has 110 valence electrons. The Morgan fingerprint density at radius 2 is 1.81 bits per heavy atom. The lowest BCUT2D eigenvalue weighted by molar-refractivity contribution is 0.635. The van der Waals surface area contributed by atoms with Gasteiger partial charge in [0.2, 0.25) is 0 Å². The number of rotatable bonds is 2. The molecule has 3 aromatic rings. The summed E-state index contributed by atoms with van der Waals surface area (Å²) in [5.41, 5.74) is 3.23. The Kier molecular flexibility index (Phi) is 4.69. The van der Waals surface area contributed by atoms with E-state index in [0.717, 1.165) is 16.9 Å². The Morgan fingerprint density at radius 1 is 1.05 bits per heavy atom. The third-order valence-electron chi connectivity index (χ3n) is 3.00. The van der Waals surface area contributed by atoms with Crippen LogP contribution in [0.2, 0.25) is 0 Å². The third-order valence-corrected chi connectivity index (χ3v) is 3.89. The highest BCUT2D eigenvalue weighted by Crippen LogP contribution is 2.31. The van der Waals surface area contributed by atoms with Crippen molar-refractivity contribution in [2.24, 2.45) is 0 Å². The molecule has 0 aliphatic heterocycles. The van der Waals surface area contributed by atoms with Crippen molar-refractivity contribution in [3.05, 3.63) is 47.8 Å². The highest BCUT2D eigenvalue weighted by atomic mass is 79.9. The smallest absolute Gasteiger partial charge is 0.0829 e. The lowest BCUT2D eigenvalue weighted by atomic mass is 10.1. The molecule has 0 bridgehead atoms. The molecule has 0 fully saturated rings. The van der Waals surface area contributed by atoms with Crippen LogP contribution in [0.3, 0.4) is 0 Å². The Balaban J connectivity index is 0.00000161. The lowest BCUT2D eigenvalue weighted by Crippen LogP contribution is -2.26. The number of thiophene rings is 1. The number of hydrogen-bond donors (Lipinski definition) is 1. The van der Waals surface area contributed by atoms with Crippen molar-refractivity contribution in [2.75, 3.05) is 5.32 Å². The SMILES string of the molecule is Br.CC(C)(C)Nc1cc(-c2cccs2)nc2ccccc12. The monoisotopic (exact) mass is 362 g/mol. The molecular formula is C17H19BrN2S. The second-order valence-electron chi connectivity index (χ2n) is 5.92. The van der Waals surface area contributed by atoms with Gasteiger partial charge in [0.15, 0.2) is 0 Å². The van der Waals surface area contributed by atoms with E-state index in [1.54, 1.807) is 11.3 Å². The van der Waals surface area contributed by atoms with Gasteiger partial charge in [-0.3, -0.25) is 0 Å². The summed E-state index contributed by atoms with van der Waals surface area (Å²) in [5, 5.41) is 6.85. The summed E-state index contributed by atoms with van der Waals surface area (Å²) in [4.78, 5) is 5.98. The second kappa shape index (κ2) is 6.16. The number of benzene rings is 1. The van der Waals surface area contributed by atoms with Crippen LogP contribution in [0.4, 0.5) is 5.69 Å². The first-order valence-corrected chi connectivity index (χ1v) is 7.63. The molecule has 2 aromatic heterocycles. The van der Waals surface area contributed by atoms with Gasteiger partial charge >= 0.3 is 0 Å². The van der Waals surface area contributed by atoms with Gasteiger partial charge in [-0.15, -0.1) is 28.3 Å². The van der Waals surface area contributed by atoms with Crippen molar-refractivity contribution in [1.29, 1.82) is 0 Å². The first kappa shape index (κ1) is 16.0. The summed E-state index contributed by atoms with van der Waals surface area (Å²) in [7, 11) is 0. The van der Waals surface area contributed by atoms with Crippen LogP contribution in [0.5, 0.6) is 0 Å². The van der Waals surface area contributed by atoms with Crippen LogP contribution < -0.4 is 5.32 Å². The van der Waals surface area contributed by atoms with Crippen LogP contribution in [0.15, 0.2) is 47.8 Å². The zero-order valence-corrected chi connectivity index (χ0v) is 14.9. The van der Waals surface area contributed by atoms with Gasteiger partial charge in [-0.2, -0.15) is 0 Å². The molecule has 0 aliphatic carbocycles. The number of aromatic nitrogens is 1. The highest BCUT2D eigenvalue weighted by molar-refractivity contribution is 8.93. The molecule has 2 heterocycles. The van der Waals surface area contributed by atoms with Gasteiger partial charge < -0.3 is 5.32 Å². The number of anilines is 1. The summed E-state index contributed by atoms with van der Waals surface area (Å²) >= 11 is 1.72. The normalized spacial score (nSPS) is 11.2. The average molecular weight is 363 g/mol. The van der Waals surface area contributed by atoms with Crippen LogP contribution in [-0.2, 0) is 0 Å². The number of nitrogens with one attached hydrogen (secondary N) is 1. The summed E-state index contributed by atoms with van der Waals surface area (Å²) in [5.74, 6) is 0. The van der Waals surface area contributed by atoms with Gasteiger partial charge in [0.05, 0.1) is 16.1 Å².